The molecule has 5 atom stereocenters. The summed E-state index contributed by atoms with van der Waals surface area (Å²) in [6, 6.07) is 5.30. The van der Waals surface area contributed by atoms with E-state index in [2.05, 4.69) is 5.32 Å². The molecule has 0 spiro atoms. The predicted octanol–water partition coefficient (Wildman–Crippen LogP) is 1.45. The van der Waals surface area contributed by atoms with E-state index in [1.807, 2.05) is 30.3 Å². The molecule has 3 N–H and O–H groups in total. The Bertz CT molecular complexity index is 844. The van der Waals surface area contributed by atoms with E-state index in [0.29, 0.717) is 19.3 Å². The van der Waals surface area contributed by atoms with Crippen LogP contribution in [0.2, 0.25) is 0 Å². The number of esters is 1. The summed E-state index contributed by atoms with van der Waals surface area (Å²) in [5, 5.41) is 22.1. The Hall–Kier alpha value is -2.94. The molecule has 2 fully saturated rings. The molecule has 1 saturated carbocycles. The predicted molar refractivity (Wildman–Crippen MR) is 114 cm³/mol. The normalized spacial score (nSPS) is 23.9. The highest BCUT2D eigenvalue weighted by Crippen LogP contribution is 2.41. The number of aryl methyl sites for hydroxylation is 1. The number of rotatable bonds is 10. The Labute approximate surface area is 186 Å². The maximum Gasteiger partial charge on any atom is 0.330 e. The highest BCUT2D eigenvalue weighted by molar-refractivity contribution is 6.03. The van der Waals surface area contributed by atoms with Gasteiger partial charge < -0.3 is 19.8 Å². The van der Waals surface area contributed by atoms with Crippen LogP contribution in [0.4, 0.5) is 0 Å². The van der Waals surface area contributed by atoms with Gasteiger partial charge >= 0.3 is 17.9 Å². The van der Waals surface area contributed by atoms with Crippen LogP contribution in [0.25, 0.3) is 0 Å². The lowest BCUT2D eigenvalue weighted by molar-refractivity contribution is -0.156. The van der Waals surface area contributed by atoms with E-state index in [9.17, 15) is 29.4 Å². The molecule has 1 aromatic rings. The summed E-state index contributed by atoms with van der Waals surface area (Å²) in [5.74, 6) is -3.98. The van der Waals surface area contributed by atoms with Crippen LogP contribution < -0.4 is 5.32 Å². The molecule has 1 heterocycles. The van der Waals surface area contributed by atoms with Crippen LogP contribution in [0.15, 0.2) is 30.3 Å². The Morgan fingerprint density at radius 1 is 1.16 bits per heavy atom. The summed E-state index contributed by atoms with van der Waals surface area (Å²) in [6.07, 6.45) is 3.39. The molecule has 9 heteroatoms. The van der Waals surface area contributed by atoms with Gasteiger partial charge in [0.25, 0.3) is 5.91 Å². The number of carbonyl (C=O) groups excluding carboxylic acids is 2. The molecule has 0 unspecified atom stereocenters. The number of hydrogen-bond acceptors (Lipinski definition) is 6. The van der Waals surface area contributed by atoms with Crippen molar-refractivity contribution >= 4 is 23.8 Å². The standard InChI is InChI=1S/C23H30N2O7/c1-2-32-23(31)16(12-11-14-7-4-3-5-8-14)24-19(22(29)30)20(26)25-17-10-6-9-15(17)13-18(25)21(27)28/h3-5,7-8,15-19,24H,2,6,9-13H2,1H3,(H,27,28)(H,29,30)/t15-,16-,17-,18-,19+/m0/s1. The van der Waals surface area contributed by atoms with Crippen LogP contribution in [0.1, 0.15) is 44.6 Å². The molecule has 1 aliphatic carbocycles. The molecular formula is C23H30N2O7. The van der Waals surface area contributed by atoms with E-state index in [4.69, 9.17) is 4.74 Å². The number of hydrogen-bond donors (Lipinski definition) is 3. The van der Waals surface area contributed by atoms with Gasteiger partial charge in [-0.25, -0.2) is 9.59 Å². The van der Waals surface area contributed by atoms with Crippen molar-refractivity contribution in [3.63, 3.8) is 0 Å². The van der Waals surface area contributed by atoms with E-state index in [1.165, 1.54) is 4.90 Å². The van der Waals surface area contributed by atoms with Crippen LogP contribution in [-0.2, 0) is 30.3 Å². The number of amides is 1. The molecule has 32 heavy (non-hydrogen) atoms. The van der Waals surface area contributed by atoms with Crippen molar-refractivity contribution < 1.29 is 34.1 Å². The average Bonchev–Trinajstić information content (AvgIpc) is 3.35. The Balaban J connectivity index is 1.79. The van der Waals surface area contributed by atoms with Crippen LogP contribution in [0, 0.1) is 5.92 Å². The van der Waals surface area contributed by atoms with Crippen molar-refractivity contribution in [3.8, 4) is 0 Å². The van der Waals surface area contributed by atoms with Crippen molar-refractivity contribution in [1.82, 2.24) is 10.2 Å². The van der Waals surface area contributed by atoms with Crippen molar-refractivity contribution in [2.45, 2.75) is 69.6 Å². The minimum absolute atomic E-state index is 0.0634. The van der Waals surface area contributed by atoms with Crippen molar-refractivity contribution in [1.29, 1.82) is 0 Å². The van der Waals surface area contributed by atoms with Crippen molar-refractivity contribution in [3.05, 3.63) is 35.9 Å². The quantitative estimate of drug-likeness (QED) is 0.363. The lowest BCUT2D eigenvalue weighted by Crippen LogP contribution is -2.59. The van der Waals surface area contributed by atoms with Gasteiger partial charge in [-0.05, 0) is 50.5 Å². The molecule has 1 saturated heterocycles. The van der Waals surface area contributed by atoms with Gasteiger partial charge in [0.05, 0.1) is 6.61 Å². The van der Waals surface area contributed by atoms with Crippen LogP contribution in [-0.4, -0.2) is 69.7 Å². The second-order valence-corrected chi connectivity index (χ2v) is 8.36. The van der Waals surface area contributed by atoms with Gasteiger partial charge in [0, 0.05) is 6.04 Å². The van der Waals surface area contributed by atoms with E-state index in [1.54, 1.807) is 6.92 Å². The molecule has 9 nitrogen and oxygen atoms in total. The number of ether oxygens (including phenoxy) is 1. The SMILES string of the molecule is CCOC(=O)[C@H](CCc1ccccc1)N[C@@H](C(=O)O)C(=O)N1[C@H](C(=O)O)C[C@@H]2CCC[C@@H]21. The Kier molecular flexibility index (Phi) is 7.84. The zero-order valence-corrected chi connectivity index (χ0v) is 18.1. The highest BCUT2D eigenvalue weighted by atomic mass is 16.5. The lowest BCUT2D eigenvalue weighted by Gasteiger charge is -2.31. The maximum atomic E-state index is 13.3. The average molecular weight is 447 g/mol. The number of carbonyl (C=O) groups is 4. The smallest absolute Gasteiger partial charge is 0.330 e. The fraction of sp³-hybridized carbons (Fsp3) is 0.565. The van der Waals surface area contributed by atoms with Gasteiger partial charge in [-0.2, -0.15) is 0 Å². The third kappa shape index (κ3) is 5.27. The third-order valence-corrected chi connectivity index (χ3v) is 6.37. The lowest BCUT2D eigenvalue weighted by atomic mass is 10.0. The molecule has 0 aromatic heterocycles. The van der Waals surface area contributed by atoms with Crippen LogP contribution >= 0.6 is 0 Å². The van der Waals surface area contributed by atoms with Gasteiger partial charge in [0.2, 0.25) is 0 Å². The number of nitrogens with one attached hydrogen (secondary N) is 1. The van der Waals surface area contributed by atoms with Gasteiger partial charge in [-0.1, -0.05) is 36.8 Å². The number of fused-ring (bicyclic) bond motifs is 1. The topological polar surface area (TPSA) is 133 Å². The largest absolute Gasteiger partial charge is 0.480 e. The van der Waals surface area contributed by atoms with Gasteiger partial charge in [-0.3, -0.25) is 14.9 Å². The van der Waals surface area contributed by atoms with E-state index in [-0.39, 0.29) is 25.0 Å². The molecule has 0 bridgehead atoms. The Morgan fingerprint density at radius 2 is 1.88 bits per heavy atom. The number of carboxylic acid groups (broad SMARTS) is 2. The van der Waals surface area contributed by atoms with E-state index < -0.39 is 41.9 Å². The van der Waals surface area contributed by atoms with Gasteiger partial charge in [-0.15, -0.1) is 0 Å². The summed E-state index contributed by atoms with van der Waals surface area (Å²) < 4.78 is 5.09. The minimum atomic E-state index is -1.73. The molecule has 174 valence electrons. The van der Waals surface area contributed by atoms with Gasteiger partial charge in [0.1, 0.15) is 12.1 Å². The number of likely N-dealkylation sites (tertiary alicyclic amines) is 1. The molecule has 1 amide bonds. The second-order valence-electron chi connectivity index (χ2n) is 8.36. The molecular weight excluding hydrogens is 416 g/mol. The molecule has 1 aromatic carbocycles. The molecule has 3 rings (SSSR count). The Morgan fingerprint density at radius 3 is 2.50 bits per heavy atom. The van der Waals surface area contributed by atoms with Crippen molar-refractivity contribution in [2.24, 2.45) is 5.92 Å². The first-order chi connectivity index (χ1) is 15.3. The zero-order valence-electron chi connectivity index (χ0n) is 18.1. The summed E-state index contributed by atoms with van der Waals surface area (Å²) in [7, 11) is 0. The second kappa shape index (κ2) is 10.6. The monoisotopic (exact) mass is 446 g/mol. The number of aliphatic carboxylic acids is 2. The first-order valence-electron chi connectivity index (χ1n) is 11.1. The van der Waals surface area contributed by atoms with Crippen LogP contribution in [0.5, 0.6) is 0 Å². The maximum absolute atomic E-state index is 13.3. The number of carboxylic acids is 2. The highest BCUT2D eigenvalue weighted by Gasteiger charge is 2.51. The zero-order chi connectivity index (χ0) is 23.3. The molecule has 1 aliphatic heterocycles. The summed E-state index contributed by atoms with van der Waals surface area (Å²) in [4.78, 5) is 50.9. The fourth-order valence-corrected chi connectivity index (χ4v) is 4.89. The summed E-state index contributed by atoms with van der Waals surface area (Å²) >= 11 is 0. The summed E-state index contributed by atoms with van der Waals surface area (Å²) in [5.41, 5.74) is 0.959. The minimum Gasteiger partial charge on any atom is -0.480 e. The fourth-order valence-electron chi connectivity index (χ4n) is 4.89. The molecule has 2 aliphatic rings. The molecule has 0 radical (unpaired) electrons. The number of nitrogens with zero attached hydrogens (tertiary/aromatic N) is 1. The third-order valence-electron chi connectivity index (χ3n) is 6.37. The van der Waals surface area contributed by atoms with Crippen LogP contribution in [0.3, 0.4) is 0 Å². The van der Waals surface area contributed by atoms with Gasteiger partial charge in [0.15, 0.2) is 6.04 Å². The first kappa shape index (κ1) is 23.7. The van der Waals surface area contributed by atoms with E-state index in [0.717, 1.165) is 18.4 Å². The first-order valence-corrected chi connectivity index (χ1v) is 11.1. The van der Waals surface area contributed by atoms with E-state index >= 15 is 0 Å². The van der Waals surface area contributed by atoms with Crippen molar-refractivity contribution in [2.75, 3.05) is 6.61 Å². The number of benzene rings is 1. The summed E-state index contributed by atoms with van der Waals surface area (Å²) in [6.45, 7) is 1.76.